The van der Waals surface area contributed by atoms with E-state index in [-0.39, 0.29) is 22.3 Å². The predicted molar refractivity (Wildman–Crippen MR) is 54.8 cm³/mol. The molecule has 2 rings (SSSR count). The second kappa shape index (κ2) is 3.33. The number of nitrogens with one attached hydrogen (secondary N) is 1. The van der Waals surface area contributed by atoms with Crippen molar-refractivity contribution in [3.63, 3.8) is 0 Å². The molecule has 0 aliphatic carbocycles. The van der Waals surface area contributed by atoms with Gasteiger partial charge in [0.25, 0.3) is 0 Å². The van der Waals surface area contributed by atoms with Gasteiger partial charge in [0.2, 0.25) is 10.0 Å². The van der Waals surface area contributed by atoms with Gasteiger partial charge in [-0.05, 0) is 12.1 Å². The van der Waals surface area contributed by atoms with E-state index in [1.807, 2.05) is 0 Å². The fraction of sp³-hybridized carbons (Fsp3) is 0.250. The summed E-state index contributed by atoms with van der Waals surface area (Å²) < 4.78 is 38.1. The molecule has 0 fully saturated rings. The van der Waals surface area contributed by atoms with Gasteiger partial charge in [0.1, 0.15) is 4.90 Å². The molecule has 7 heteroatoms. The number of nitrogens with zero attached hydrogens (tertiary/aromatic N) is 1. The minimum Gasteiger partial charge on any atom is -0.368 e. The Balaban J connectivity index is 2.74. The number of hydrogen-bond donors (Lipinski definition) is 1. The smallest absolute Gasteiger partial charge is 0.246 e. The average Bonchev–Trinajstić information content (AvgIpc) is 2.17. The SMILES string of the molecule is CN1CNc2c(ccc(Cl)c2F)S1(=O)=O. The number of rotatable bonds is 0. The Kier molecular flexibility index (Phi) is 2.37. The fourth-order valence-electron chi connectivity index (χ4n) is 1.36. The van der Waals surface area contributed by atoms with Gasteiger partial charge in [0.15, 0.2) is 5.82 Å². The van der Waals surface area contributed by atoms with Crippen LogP contribution in [0.3, 0.4) is 0 Å². The third-order valence-corrected chi connectivity index (χ3v) is 4.36. The van der Waals surface area contributed by atoms with Gasteiger partial charge in [-0.2, -0.15) is 4.31 Å². The zero-order valence-corrected chi connectivity index (χ0v) is 9.36. The third-order valence-electron chi connectivity index (χ3n) is 2.22. The van der Waals surface area contributed by atoms with Gasteiger partial charge >= 0.3 is 0 Å². The molecule has 0 atom stereocenters. The molecule has 1 heterocycles. The molecule has 0 amide bonds. The Labute approximate surface area is 91.7 Å². The Morgan fingerprint density at radius 2 is 2.20 bits per heavy atom. The molecule has 0 unspecified atom stereocenters. The van der Waals surface area contributed by atoms with Crippen LogP contribution in [0.5, 0.6) is 0 Å². The molecule has 1 aliphatic heterocycles. The van der Waals surface area contributed by atoms with Crippen molar-refractivity contribution in [1.29, 1.82) is 0 Å². The van der Waals surface area contributed by atoms with Crippen LogP contribution in [0.15, 0.2) is 17.0 Å². The molecule has 0 spiro atoms. The largest absolute Gasteiger partial charge is 0.368 e. The molecular weight excluding hydrogens is 243 g/mol. The minimum absolute atomic E-state index is 0.0343. The zero-order chi connectivity index (χ0) is 11.2. The van der Waals surface area contributed by atoms with Crippen LogP contribution in [0.2, 0.25) is 5.02 Å². The lowest BCUT2D eigenvalue weighted by atomic mass is 10.3. The lowest BCUT2D eigenvalue weighted by molar-refractivity contribution is 0.478. The molecule has 1 aromatic carbocycles. The standard InChI is InChI=1S/C8H8ClFN2O2S/c1-12-4-11-8-6(15(12,13)14)3-2-5(9)7(8)10/h2-3,11H,4H2,1H3. The molecule has 15 heavy (non-hydrogen) atoms. The summed E-state index contributed by atoms with van der Waals surface area (Å²) in [5, 5.41) is 2.57. The average molecular weight is 251 g/mol. The van der Waals surface area contributed by atoms with Gasteiger partial charge in [-0.3, -0.25) is 0 Å². The molecular formula is C8H8ClFN2O2S. The topological polar surface area (TPSA) is 49.4 Å². The van der Waals surface area contributed by atoms with E-state index in [1.165, 1.54) is 19.2 Å². The van der Waals surface area contributed by atoms with Crippen molar-refractivity contribution in [1.82, 2.24) is 4.31 Å². The number of anilines is 1. The Bertz CT molecular complexity index is 518. The number of benzene rings is 1. The number of sulfonamides is 1. The number of hydrogen-bond acceptors (Lipinski definition) is 3. The van der Waals surface area contributed by atoms with Crippen molar-refractivity contribution in [3.8, 4) is 0 Å². The molecule has 0 aromatic heterocycles. The normalized spacial score (nSPS) is 19.4. The van der Waals surface area contributed by atoms with E-state index >= 15 is 0 Å². The molecule has 0 saturated heterocycles. The van der Waals surface area contributed by atoms with E-state index in [4.69, 9.17) is 11.6 Å². The van der Waals surface area contributed by atoms with E-state index in [1.54, 1.807) is 0 Å². The highest BCUT2D eigenvalue weighted by Gasteiger charge is 2.31. The number of fused-ring (bicyclic) bond motifs is 1. The Hall–Kier alpha value is -0.850. The summed E-state index contributed by atoms with van der Waals surface area (Å²) in [7, 11) is -2.17. The van der Waals surface area contributed by atoms with E-state index in [0.717, 1.165) is 4.31 Å². The highest BCUT2D eigenvalue weighted by molar-refractivity contribution is 7.89. The summed E-state index contributed by atoms with van der Waals surface area (Å²) in [5.74, 6) is -0.731. The first-order valence-electron chi connectivity index (χ1n) is 4.13. The van der Waals surface area contributed by atoms with Gasteiger partial charge in [0, 0.05) is 7.05 Å². The molecule has 1 aromatic rings. The van der Waals surface area contributed by atoms with Crippen LogP contribution < -0.4 is 5.32 Å². The first-order chi connectivity index (χ1) is 6.94. The van der Waals surface area contributed by atoms with Gasteiger partial charge in [-0.15, -0.1) is 0 Å². The van der Waals surface area contributed by atoms with Gasteiger partial charge in [-0.25, -0.2) is 12.8 Å². The summed E-state index contributed by atoms with van der Waals surface area (Å²) in [6.07, 6.45) is 0. The summed E-state index contributed by atoms with van der Waals surface area (Å²) >= 11 is 5.55. The monoisotopic (exact) mass is 250 g/mol. The molecule has 0 bridgehead atoms. The lowest BCUT2D eigenvalue weighted by Gasteiger charge is -2.26. The van der Waals surface area contributed by atoms with E-state index in [0.29, 0.717) is 0 Å². The van der Waals surface area contributed by atoms with Crippen LogP contribution in [0.4, 0.5) is 10.1 Å². The summed E-state index contributed by atoms with van der Waals surface area (Å²) in [4.78, 5) is -0.0850. The van der Waals surface area contributed by atoms with Crippen molar-refractivity contribution >= 4 is 27.3 Å². The van der Waals surface area contributed by atoms with Crippen LogP contribution in [-0.4, -0.2) is 26.4 Å². The Morgan fingerprint density at radius 1 is 1.53 bits per heavy atom. The highest BCUT2D eigenvalue weighted by atomic mass is 35.5. The zero-order valence-electron chi connectivity index (χ0n) is 7.79. The van der Waals surface area contributed by atoms with Crippen molar-refractivity contribution < 1.29 is 12.8 Å². The summed E-state index contributed by atoms with van der Waals surface area (Å²) in [6, 6.07) is 2.52. The molecule has 0 radical (unpaired) electrons. The first-order valence-corrected chi connectivity index (χ1v) is 5.94. The van der Waals surface area contributed by atoms with Crippen LogP contribution >= 0.6 is 11.6 Å². The number of halogens is 2. The van der Waals surface area contributed by atoms with Crippen molar-refractivity contribution in [2.24, 2.45) is 0 Å². The first kappa shape index (κ1) is 10.7. The van der Waals surface area contributed by atoms with Crippen molar-refractivity contribution in [2.45, 2.75) is 4.90 Å². The summed E-state index contributed by atoms with van der Waals surface area (Å²) in [6.45, 7) is 0.0343. The van der Waals surface area contributed by atoms with Crippen molar-refractivity contribution in [3.05, 3.63) is 23.0 Å². The third kappa shape index (κ3) is 1.49. The van der Waals surface area contributed by atoms with E-state index in [2.05, 4.69) is 5.32 Å². The lowest BCUT2D eigenvalue weighted by Crippen LogP contribution is -2.37. The minimum atomic E-state index is -3.59. The maximum Gasteiger partial charge on any atom is 0.246 e. The van der Waals surface area contributed by atoms with Gasteiger partial charge < -0.3 is 5.32 Å². The van der Waals surface area contributed by atoms with Crippen LogP contribution in [-0.2, 0) is 10.0 Å². The van der Waals surface area contributed by atoms with Crippen LogP contribution in [0.1, 0.15) is 0 Å². The van der Waals surface area contributed by atoms with Crippen LogP contribution in [0.25, 0.3) is 0 Å². The quantitative estimate of drug-likeness (QED) is 0.759. The second-order valence-electron chi connectivity index (χ2n) is 3.17. The summed E-state index contributed by atoms with van der Waals surface area (Å²) in [5.41, 5.74) is -0.0550. The van der Waals surface area contributed by atoms with Gasteiger partial charge in [-0.1, -0.05) is 11.6 Å². The molecule has 1 aliphatic rings. The Morgan fingerprint density at radius 3 is 2.87 bits per heavy atom. The maximum atomic E-state index is 13.5. The molecule has 0 saturated carbocycles. The highest BCUT2D eigenvalue weighted by Crippen LogP contribution is 2.33. The van der Waals surface area contributed by atoms with Crippen molar-refractivity contribution in [2.75, 3.05) is 19.0 Å². The van der Waals surface area contributed by atoms with Gasteiger partial charge in [0.05, 0.1) is 17.4 Å². The van der Waals surface area contributed by atoms with E-state index in [9.17, 15) is 12.8 Å². The molecule has 82 valence electrons. The fourth-order valence-corrected chi connectivity index (χ4v) is 2.74. The maximum absolute atomic E-state index is 13.5. The second-order valence-corrected chi connectivity index (χ2v) is 5.59. The predicted octanol–water partition coefficient (Wildman–Crippen LogP) is 1.48. The molecule has 4 nitrogen and oxygen atoms in total. The molecule has 1 N–H and O–H groups in total. The van der Waals surface area contributed by atoms with Crippen LogP contribution in [0, 0.1) is 5.82 Å². The van der Waals surface area contributed by atoms with E-state index < -0.39 is 15.8 Å².